The van der Waals surface area contributed by atoms with Gasteiger partial charge in [-0.1, -0.05) is 0 Å². The van der Waals surface area contributed by atoms with Gasteiger partial charge in [0, 0.05) is 0 Å². The van der Waals surface area contributed by atoms with Crippen molar-refractivity contribution in [3.05, 3.63) is 0 Å². The largest absolute Gasteiger partial charge is 0.480 e. The van der Waals surface area contributed by atoms with Crippen LogP contribution in [0, 0.1) is 0 Å². The molecule has 0 radical (unpaired) electrons. The normalized spacial score (nSPS) is 14.8. The van der Waals surface area contributed by atoms with E-state index in [1.165, 1.54) is 30.4 Å². The Kier molecular flexibility index (Phi) is 16.0. The van der Waals surface area contributed by atoms with Gasteiger partial charge < -0.3 is 26.8 Å². The predicted octanol–water partition coefficient (Wildman–Crippen LogP) is 0.132. The molecule has 0 heterocycles. The highest BCUT2D eigenvalue weighted by Crippen LogP contribution is 2.06. The van der Waals surface area contributed by atoms with Crippen molar-refractivity contribution in [2.75, 3.05) is 36.0 Å². The Morgan fingerprint density at radius 1 is 0.767 bits per heavy atom. The molecule has 4 unspecified atom stereocenters. The second-order valence-electron chi connectivity index (χ2n) is 6.64. The second-order valence-corrected chi connectivity index (χ2v) is 9.60. The smallest absolute Gasteiger partial charge is 0.326 e. The van der Waals surface area contributed by atoms with Gasteiger partial charge in [-0.05, 0) is 62.2 Å². The number of hydrogen-bond donors (Lipinski definition) is 5. The van der Waals surface area contributed by atoms with E-state index in [2.05, 4.69) is 16.0 Å². The average Bonchev–Trinajstić information content (AvgIpc) is 2.71. The molecule has 0 saturated heterocycles. The van der Waals surface area contributed by atoms with Crippen LogP contribution in [-0.2, 0) is 19.2 Å². The highest BCUT2D eigenvalue weighted by molar-refractivity contribution is 7.98. The Morgan fingerprint density at radius 3 is 1.73 bits per heavy atom. The molecule has 0 saturated carbocycles. The summed E-state index contributed by atoms with van der Waals surface area (Å²) < 4.78 is 0. The molecule has 0 aliphatic heterocycles. The van der Waals surface area contributed by atoms with Crippen LogP contribution in [0.1, 0.15) is 26.2 Å². The van der Waals surface area contributed by atoms with Gasteiger partial charge in [-0.25, -0.2) is 4.79 Å². The third-order valence-corrected chi connectivity index (χ3v) is 6.12. The van der Waals surface area contributed by atoms with Gasteiger partial charge in [-0.2, -0.15) is 35.3 Å². The predicted molar refractivity (Wildman–Crippen MR) is 126 cm³/mol. The topological polar surface area (TPSA) is 151 Å². The fraction of sp³-hybridized carbons (Fsp3) is 0.778. The van der Waals surface area contributed by atoms with Gasteiger partial charge in [0.05, 0.1) is 6.04 Å². The van der Waals surface area contributed by atoms with Crippen molar-refractivity contribution in [2.45, 2.75) is 50.4 Å². The lowest BCUT2D eigenvalue weighted by Gasteiger charge is -2.23. The van der Waals surface area contributed by atoms with E-state index < -0.39 is 47.9 Å². The van der Waals surface area contributed by atoms with Crippen LogP contribution >= 0.6 is 35.3 Å². The molecule has 9 nitrogen and oxygen atoms in total. The molecule has 0 fully saturated rings. The third kappa shape index (κ3) is 11.9. The quantitative estimate of drug-likeness (QED) is 0.207. The third-order valence-electron chi connectivity index (χ3n) is 4.19. The zero-order valence-corrected chi connectivity index (χ0v) is 20.4. The Morgan fingerprint density at radius 2 is 1.23 bits per heavy atom. The highest BCUT2D eigenvalue weighted by atomic mass is 32.2. The Labute approximate surface area is 191 Å². The molecule has 0 aliphatic rings. The van der Waals surface area contributed by atoms with Crippen LogP contribution in [0.2, 0.25) is 0 Å². The second kappa shape index (κ2) is 16.6. The van der Waals surface area contributed by atoms with Crippen LogP contribution in [0.4, 0.5) is 0 Å². The maximum Gasteiger partial charge on any atom is 0.326 e. The minimum atomic E-state index is -1.12. The molecule has 0 aliphatic carbocycles. The summed E-state index contributed by atoms with van der Waals surface area (Å²) in [4.78, 5) is 48.6. The number of nitrogens with one attached hydrogen (secondary N) is 3. The summed E-state index contributed by atoms with van der Waals surface area (Å²) in [6, 6.07) is -3.51. The summed E-state index contributed by atoms with van der Waals surface area (Å²) >= 11 is 4.56. The SMILES string of the molecule is CSCCC(N)C(=O)NC(C)C(=O)NC(CCSC)C(=O)NC(CCSC)C(=O)O. The first-order chi connectivity index (χ1) is 14.2. The maximum absolute atomic E-state index is 12.6. The minimum absolute atomic E-state index is 0.284. The van der Waals surface area contributed by atoms with Gasteiger partial charge in [-0.15, -0.1) is 0 Å². The number of rotatable bonds is 16. The molecule has 0 aromatic rings. The van der Waals surface area contributed by atoms with Crippen molar-refractivity contribution in [3.63, 3.8) is 0 Å². The van der Waals surface area contributed by atoms with Crippen LogP contribution in [-0.4, -0.2) is 89.0 Å². The zero-order chi connectivity index (χ0) is 23.1. The van der Waals surface area contributed by atoms with E-state index in [4.69, 9.17) is 5.73 Å². The molecule has 4 atom stereocenters. The van der Waals surface area contributed by atoms with Gasteiger partial charge in [0.2, 0.25) is 17.7 Å². The van der Waals surface area contributed by atoms with Crippen molar-refractivity contribution < 1.29 is 24.3 Å². The minimum Gasteiger partial charge on any atom is -0.480 e. The van der Waals surface area contributed by atoms with Crippen LogP contribution in [0.5, 0.6) is 0 Å². The lowest BCUT2D eigenvalue weighted by Crippen LogP contribution is -2.56. The number of carboxylic acids is 1. The van der Waals surface area contributed by atoms with Gasteiger partial charge in [0.15, 0.2) is 0 Å². The molecule has 3 amide bonds. The summed E-state index contributed by atoms with van der Waals surface area (Å²) in [6.07, 6.45) is 6.75. The van der Waals surface area contributed by atoms with Crippen molar-refractivity contribution in [1.29, 1.82) is 0 Å². The number of amides is 3. The molecular weight excluding hydrogens is 448 g/mol. The molecule has 0 spiro atoms. The van der Waals surface area contributed by atoms with Gasteiger partial charge in [0.25, 0.3) is 0 Å². The van der Waals surface area contributed by atoms with E-state index in [9.17, 15) is 24.3 Å². The van der Waals surface area contributed by atoms with Crippen molar-refractivity contribution >= 4 is 59.0 Å². The number of aliphatic carboxylic acids is 1. The Bertz CT molecular complexity index is 568. The fourth-order valence-electron chi connectivity index (χ4n) is 2.33. The summed E-state index contributed by atoms with van der Waals surface area (Å²) in [6.45, 7) is 1.51. The summed E-state index contributed by atoms with van der Waals surface area (Å²) in [5.41, 5.74) is 5.81. The van der Waals surface area contributed by atoms with E-state index in [0.29, 0.717) is 24.3 Å². The number of thioether (sulfide) groups is 3. The van der Waals surface area contributed by atoms with Crippen molar-refractivity contribution in [1.82, 2.24) is 16.0 Å². The van der Waals surface area contributed by atoms with E-state index in [-0.39, 0.29) is 6.42 Å². The average molecular weight is 483 g/mol. The highest BCUT2D eigenvalue weighted by Gasteiger charge is 2.28. The first-order valence-corrected chi connectivity index (χ1v) is 13.7. The monoisotopic (exact) mass is 482 g/mol. The van der Waals surface area contributed by atoms with Gasteiger partial charge in [0.1, 0.15) is 18.1 Å². The lowest BCUT2D eigenvalue weighted by atomic mass is 10.1. The van der Waals surface area contributed by atoms with E-state index in [0.717, 1.165) is 5.75 Å². The molecule has 0 aromatic heterocycles. The van der Waals surface area contributed by atoms with Crippen LogP contribution in [0.3, 0.4) is 0 Å². The van der Waals surface area contributed by atoms with Crippen LogP contribution in [0.15, 0.2) is 0 Å². The van der Waals surface area contributed by atoms with E-state index in [1.54, 1.807) is 11.8 Å². The number of hydrogen-bond acceptors (Lipinski definition) is 8. The molecule has 0 rings (SSSR count). The van der Waals surface area contributed by atoms with E-state index in [1.807, 2.05) is 18.8 Å². The number of carbonyl (C=O) groups excluding carboxylic acids is 3. The van der Waals surface area contributed by atoms with Gasteiger partial charge in [-0.3, -0.25) is 14.4 Å². The van der Waals surface area contributed by atoms with Crippen LogP contribution in [0.25, 0.3) is 0 Å². The van der Waals surface area contributed by atoms with Crippen LogP contribution < -0.4 is 21.7 Å². The molecule has 30 heavy (non-hydrogen) atoms. The molecular formula is C18H34N4O5S3. The number of nitrogens with two attached hydrogens (primary N) is 1. The fourth-order valence-corrected chi connectivity index (χ4v) is 3.76. The first-order valence-electron chi connectivity index (χ1n) is 9.54. The van der Waals surface area contributed by atoms with Crippen molar-refractivity contribution in [2.24, 2.45) is 5.73 Å². The molecule has 0 aromatic carbocycles. The molecule has 0 bridgehead atoms. The number of carbonyl (C=O) groups is 4. The standard InChI is InChI=1S/C18H34N4O5S3/c1-11(20-16(24)12(19)5-8-28-2)15(23)21-13(6-9-29-3)17(25)22-14(18(26)27)7-10-30-4/h11-14H,5-10,19H2,1-4H3,(H,20,24)(H,21,23)(H,22,25)(H,26,27). The van der Waals surface area contributed by atoms with E-state index >= 15 is 0 Å². The first kappa shape index (κ1) is 28.9. The Hall–Kier alpha value is -1.11. The summed E-state index contributed by atoms with van der Waals surface area (Å²) in [5, 5.41) is 17.0. The van der Waals surface area contributed by atoms with Gasteiger partial charge >= 0.3 is 5.97 Å². The van der Waals surface area contributed by atoms with Crippen molar-refractivity contribution in [3.8, 4) is 0 Å². The lowest BCUT2D eigenvalue weighted by molar-refractivity contribution is -0.142. The number of carboxylic acid groups (broad SMARTS) is 1. The molecule has 6 N–H and O–H groups in total. The summed E-state index contributed by atoms with van der Waals surface area (Å²) in [7, 11) is 0. The zero-order valence-electron chi connectivity index (χ0n) is 17.9. The maximum atomic E-state index is 12.6. The Balaban J connectivity index is 4.96. The molecule has 12 heteroatoms. The summed E-state index contributed by atoms with van der Waals surface area (Å²) in [5.74, 6) is -0.723. The molecule has 174 valence electrons.